The van der Waals surface area contributed by atoms with Gasteiger partial charge in [-0.15, -0.1) is 4.91 Å². The molecule has 100 valence electrons. The van der Waals surface area contributed by atoms with Crippen LogP contribution in [0.5, 0.6) is 5.75 Å². The van der Waals surface area contributed by atoms with E-state index in [9.17, 15) is 10.0 Å². The number of hydrogen-bond acceptors (Lipinski definition) is 3. The number of nitroso groups, excluding NO2 is 1. The van der Waals surface area contributed by atoms with E-state index in [0.717, 1.165) is 18.4 Å². The molecule has 0 saturated heterocycles. The minimum atomic E-state index is -0.236. The lowest BCUT2D eigenvalue weighted by Gasteiger charge is -2.26. The number of nitrogens with zero attached hydrogens (tertiary/aromatic N) is 1. The molecule has 0 fully saturated rings. The third-order valence-electron chi connectivity index (χ3n) is 3.33. The molecule has 0 spiro atoms. The molecule has 0 aliphatic carbocycles. The van der Waals surface area contributed by atoms with Gasteiger partial charge in [0.15, 0.2) is 11.4 Å². The number of aromatic hydroxyl groups is 1. The van der Waals surface area contributed by atoms with Gasteiger partial charge in [0.2, 0.25) is 0 Å². The van der Waals surface area contributed by atoms with Crippen LogP contribution in [0.3, 0.4) is 0 Å². The Morgan fingerprint density at radius 2 is 2.00 bits per heavy atom. The molecule has 4 heteroatoms. The van der Waals surface area contributed by atoms with Gasteiger partial charge in [0, 0.05) is 0 Å². The summed E-state index contributed by atoms with van der Waals surface area (Å²) in [6.07, 6.45) is 4.51. The first-order valence-electron chi connectivity index (χ1n) is 6.28. The highest BCUT2D eigenvalue weighted by Crippen LogP contribution is 2.40. The Labute approximate surface area is 113 Å². The van der Waals surface area contributed by atoms with Gasteiger partial charge < -0.3 is 5.11 Å². The lowest BCUT2D eigenvalue weighted by Crippen LogP contribution is -2.16. The largest absolute Gasteiger partial charge is 0.504 e. The third-order valence-corrected chi connectivity index (χ3v) is 3.62. The van der Waals surface area contributed by atoms with Crippen LogP contribution >= 0.6 is 11.6 Å². The molecule has 0 amide bonds. The van der Waals surface area contributed by atoms with Crippen LogP contribution < -0.4 is 0 Å². The molecule has 0 saturated carbocycles. The van der Waals surface area contributed by atoms with Crippen LogP contribution in [0.4, 0.5) is 5.69 Å². The predicted octanol–water partition coefficient (Wildman–Crippen LogP) is 5.30. The van der Waals surface area contributed by atoms with E-state index in [-0.39, 0.29) is 21.9 Å². The number of phenols is 1. The Balaban J connectivity index is 3.01. The Hall–Kier alpha value is -1.09. The molecule has 0 atom stereocenters. The van der Waals surface area contributed by atoms with E-state index in [1.165, 1.54) is 12.8 Å². The van der Waals surface area contributed by atoms with Crippen molar-refractivity contribution < 1.29 is 5.11 Å². The first-order chi connectivity index (χ1) is 8.42. The highest BCUT2D eigenvalue weighted by Gasteiger charge is 2.23. The first kappa shape index (κ1) is 15.0. The maximum Gasteiger partial charge on any atom is 0.163 e. The van der Waals surface area contributed by atoms with Crippen LogP contribution in [0.25, 0.3) is 0 Å². The Morgan fingerprint density at radius 3 is 2.56 bits per heavy atom. The van der Waals surface area contributed by atoms with Crippen molar-refractivity contribution in [2.75, 3.05) is 0 Å². The normalized spacial score (nSPS) is 11.6. The minimum absolute atomic E-state index is 0.0149. The van der Waals surface area contributed by atoms with Crippen molar-refractivity contribution in [2.45, 2.75) is 51.9 Å². The number of rotatable bonds is 6. The van der Waals surface area contributed by atoms with Crippen LogP contribution in [-0.4, -0.2) is 5.11 Å². The number of unbranched alkanes of at least 4 members (excludes halogenated alkanes) is 2. The van der Waals surface area contributed by atoms with E-state index in [4.69, 9.17) is 11.6 Å². The van der Waals surface area contributed by atoms with E-state index in [1.54, 1.807) is 12.1 Å². The molecule has 1 aromatic rings. The summed E-state index contributed by atoms with van der Waals surface area (Å²) in [5.41, 5.74) is 0.878. The summed E-state index contributed by atoms with van der Waals surface area (Å²) in [6, 6.07) is 3.34. The van der Waals surface area contributed by atoms with Crippen molar-refractivity contribution in [3.05, 3.63) is 27.6 Å². The maximum absolute atomic E-state index is 10.7. The summed E-state index contributed by atoms with van der Waals surface area (Å²) in [6.45, 7) is 6.39. The highest BCUT2D eigenvalue weighted by molar-refractivity contribution is 6.32. The standard InChI is InChI=1S/C14H20ClNO2/c1-4-5-6-7-14(2,3)10-8-11(15)13(17)12(9-10)16-18/h8-9,17H,4-7H2,1-3H3. The summed E-state index contributed by atoms with van der Waals surface area (Å²) in [5, 5.41) is 12.6. The highest BCUT2D eigenvalue weighted by atomic mass is 35.5. The lowest BCUT2D eigenvalue weighted by atomic mass is 9.80. The van der Waals surface area contributed by atoms with E-state index in [0.29, 0.717) is 0 Å². The van der Waals surface area contributed by atoms with Crippen LogP contribution in [0.2, 0.25) is 5.02 Å². The summed E-state index contributed by atoms with van der Waals surface area (Å²) in [7, 11) is 0. The van der Waals surface area contributed by atoms with Gasteiger partial charge in [-0.1, -0.05) is 51.6 Å². The van der Waals surface area contributed by atoms with Gasteiger partial charge in [0.1, 0.15) is 0 Å². The molecular weight excluding hydrogens is 250 g/mol. The molecule has 0 radical (unpaired) electrons. The average molecular weight is 270 g/mol. The maximum atomic E-state index is 10.7. The monoisotopic (exact) mass is 269 g/mol. The second kappa shape index (κ2) is 6.19. The molecule has 1 N–H and O–H groups in total. The van der Waals surface area contributed by atoms with Crippen LogP contribution in [-0.2, 0) is 5.41 Å². The molecule has 3 nitrogen and oxygen atoms in total. The van der Waals surface area contributed by atoms with Crippen LogP contribution in [0, 0.1) is 4.91 Å². The van der Waals surface area contributed by atoms with Crippen LogP contribution in [0.1, 0.15) is 52.0 Å². The molecule has 18 heavy (non-hydrogen) atoms. The topological polar surface area (TPSA) is 49.7 Å². The minimum Gasteiger partial charge on any atom is -0.504 e. The average Bonchev–Trinajstić information content (AvgIpc) is 2.32. The van der Waals surface area contributed by atoms with Crippen molar-refractivity contribution in [1.82, 2.24) is 0 Å². The molecule has 0 heterocycles. The smallest absolute Gasteiger partial charge is 0.163 e. The van der Waals surface area contributed by atoms with E-state index < -0.39 is 0 Å². The van der Waals surface area contributed by atoms with Crippen molar-refractivity contribution in [3.63, 3.8) is 0 Å². The lowest BCUT2D eigenvalue weighted by molar-refractivity contribution is 0.447. The summed E-state index contributed by atoms with van der Waals surface area (Å²) in [5.74, 6) is -0.236. The molecule has 0 unspecified atom stereocenters. The number of halogens is 1. The third kappa shape index (κ3) is 3.45. The molecule has 0 aliphatic heterocycles. The summed E-state index contributed by atoms with van der Waals surface area (Å²) < 4.78 is 0. The molecule has 1 rings (SSSR count). The SMILES string of the molecule is CCCCCC(C)(C)c1cc(Cl)c(O)c(N=O)c1. The zero-order valence-electron chi connectivity index (χ0n) is 11.2. The van der Waals surface area contributed by atoms with Crippen molar-refractivity contribution in [1.29, 1.82) is 0 Å². The van der Waals surface area contributed by atoms with Crippen molar-refractivity contribution in [2.24, 2.45) is 5.18 Å². The predicted molar refractivity (Wildman–Crippen MR) is 75.7 cm³/mol. The Bertz CT molecular complexity index is 430. The second-order valence-electron chi connectivity index (χ2n) is 5.26. The van der Waals surface area contributed by atoms with E-state index in [2.05, 4.69) is 25.9 Å². The van der Waals surface area contributed by atoms with Gasteiger partial charge in [0.25, 0.3) is 0 Å². The van der Waals surface area contributed by atoms with E-state index in [1.807, 2.05) is 0 Å². The number of hydrogen-bond donors (Lipinski definition) is 1. The van der Waals surface area contributed by atoms with E-state index >= 15 is 0 Å². The van der Waals surface area contributed by atoms with Crippen LogP contribution in [0.15, 0.2) is 17.3 Å². The van der Waals surface area contributed by atoms with Gasteiger partial charge in [-0.25, -0.2) is 0 Å². The van der Waals surface area contributed by atoms with Crippen molar-refractivity contribution >= 4 is 17.3 Å². The Morgan fingerprint density at radius 1 is 1.33 bits per heavy atom. The molecule has 0 bridgehead atoms. The molecule has 0 aliphatic rings. The Kier molecular flexibility index (Phi) is 5.15. The van der Waals surface area contributed by atoms with Gasteiger partial charge in [-0.3, -0.25) is 0 Å². The summed E-state index contributed by atoms with van der Waals surface area (Å²) in [4.78, 5) is 10.7. The number of phenolic OH excluding ortho intramolecular Hbond substituents is 1. The quantitative estimate of drug-likeness (QED) is 0.562. The second-order valence-corrected chi connectivity index (χ2v) is 5.67. The fourth-order valence-electron chi connectivity index (χ4n) is 2.01. The molecular formula is C14H20ClNO2. The van der Waals surface area contributed by atoms with Gasteiger partial charge in [-0.05, 0) is 34.7 Å². The zero-order chi connectivity index (χ0) is 13.8. The van der Waals surface area contributed by atoms with Gasteiger partial charge in [0.05, 0.1) is 5.02 Å². The fraction of sp³-hybridized carbons (Fsp3) is 0.571. The molecule has 0 aromatic heterocycles. The fourth-order valence-corrected chi connectivity index (χ4v) is 2.22. The van der Waals surface area contributed by atoms with Crippen molar-refractivity contribution in [3.8, 4) is 5.75 Å². The van der Waals surface area contributed by atoms with Gasteiger partial charge >= 0.3 is 0 Å². The molecule has 1 aromatic carbocycles. The van der Waals surface area contributed by atoms with Gasteiger partial charge in [-0.2, -0.15) is 0 Å². The number of benzene rings is 1. The first-order valence-corrected chi connectivity index (χ1v) is 6.66. The zero-order valence-corrected chi connectivity index (χ0v) is 11.9. The summed E-state index contributed by atoms with van der Waals surface area (Å²) >= 11 is 5.92.